The first-order valence-corrected chi connectivity index (χ1v) is 8.30. The van der Waals surface area contributed by atoms with Gasteiger partial charge in [0.05, 0.1) is 11.8 Å². The van der Waals surface area contributed by atoms with E-state index in [9.17, 15) is 4.79 Å². The van der Waals surface area contributed by atoms with Gasteiger partial charge in [0.15, 0.2) is 0 Å². The summed E-state index contributed by atoms with van der Waals surface area (Å²) in [7, 11) is 0. The summed E-state index contributed by atoms with van der Waals surface area (Å²) in [6.45, 7) is 3.01. The number of carbonyl (C=O) groups is 1. The predicted octanol–water partition coefficient (Wildman–Crippen LogP) is 1.82. The molecule has 0 unspecified atom stereocenters. The maximum atomic E-state index is 12.0. The van der Waals surface area contributed by atoms with Gasteiger partial charge in [-0.25, -0.2) is 4.98 Å². The SMILES string of the molecule is Cc1ccc(-c2nc(CCNC(=O)[C@@H]3CC[C@H](CN)O3)co2)cc1. The van der Waals surface area contributed by atoms with Crippen LogP contribution in [0.25, 0.3) is 11.5 Å². The molecule has 2 atom stereocenters. The maximum absolute atomic E-state index is 12.0. The van der Waals surface area contributed by atoms with E-state index in [2.05, 4.69) is 10.3 Å². The van der Waals surface area contributed by atoms with E-state index in [4.69, 9.17) is 14.9 Å². The van der Waals surface area contributed by atoms with E-state index in [0.29, 0.717) is 25.4 Å². The van der Waals surface area contributed by atoms with Crippen molar-refractivity contribution in [1.29, 1.82) is 0 Å². The first kappa shape index (κ1) is 16.7. The van der Waals surface area contributed by atoms with E-state index in [1.165, 1.54) is 5.56 Å². The quantitative estimate of drug-likeness (QED) is 0.843. The van der Waals surface area contributed by atoms with Crippen molar-refractivity contribution < 1.29 is 13.9 Å². The fourth-order valence-electron chi connectivity index (χ4n) is 2.75. The fourth-order valence-corrected chi connectivity index (χ4v) is 2.75. The number of aromatic nitrogens is 1. The van der Waals surface area contributed by atoms with Crippen LogP contribution in [-0.4, -0.2) is 36.2 Å². The molecule has 1 aliphatic rings. The number of benzene rings is 1. The van der Waals surface area contributed by atoms with E-state index in [0.717, 1.165) is 24.1 Å². The second-order valence-corrected chi connectivity index (χ2v) is 6.11. The number of rotatable bonds is 6. The lowest BCUT2D eigenvalue weighted by molar-refractivity contribution is -0.131. The molecular formula is C18H23N3O3. The zero-order valence-corrected chi connectivity index (χ0v) is 13.8. The Morgan fingerprint density at radius 1 is 1.33 bits per heavy atom. The highest BCUT2D eigenvalue weighted by atomic mass is 16.5. The van der Waals surface area contributed by atoms with Gasteiger partial charge in [0.2, 0.25) is 11.8 Å². The summed E-state index contributed by atoms with van der Waals surface area (Å²) < 4.78 is 11.1. The Labute approximate surface area is 141 Å². The Kier molecular flexibility index (Phi) is 5.27. The largest absolute Gasteiger partial charge is 0.444 e. The van der Waals surface area contributed by atoms with Crippen LogP contribution in [0.4, 0.5) is 0 Å². The number of oxazole rings is 1. The van der Waals surface area contributed by atoms with Crippen LogP contribution in [0, 0.1) is 6.92 Å². The minimum atomic E-state index is -0.376. The summed E-state index contributed by atoms with van der Waals surface area (Å²) in [5, 5.41) is 2.89. The first-order chi connectivity index (χ1) is 11.7. The standard InChI is InChI=1S/C18H23N3O3/c1-12-2-4-13(5-3-12)18-21-14(11-23-18)8-9-20-17(22)16-7-6-15(10-19)24-16/h2-5,11,15-16H,6-10,19H2,1H3,(H,20,22)/t15-,16+/m1/s1. The number of ether oxygens (including phenoxy) is 1. The van der Waals surface area contributed by atoms with Crippen LogP contribution in [0.15, 0.2) is 34.9 Å². The Bertz CT molecular complexity index is 681. The summed E-state index contributed by atoms with van der Waals surface area (Å²) >= 11 is 0. The molecule has 128 valence electrons. The monoisotopic (exact) mass is 329 g/mol. The highest BCUT2D eigenvalue weighted by molar-refractivity contribution is 5.81. The lowest BCUT2D eigenvalue weighted by atomic mass is 10.1. The molecule has 3 rings (SSSR count). The molecule has 0 saturated carbocycles. The van der Waals surface area contributed by atoms with Crippen LogP contribution in [-0.2, 0) is 16.0 Å². The molecule has 1 aromatic heterocycles. The van der Waals surface area contributed by atoms with Crippen molar-refractivity contribution in [3.63, 3.8) is 0 Å². The van der Waals surface area contributed by atoms with Crippen molar-refractivity contribution in [2.75, 3.05) is 13.1 Å². The average Bonchev–Trinajstić information content (AvgIpc) is 3.24. The molecule has 2 aromatic rings. The lowest BCUT2D eigenvalue weighted by Crippen LogP contribution is -2.36. The predicted molar refractivity (Wildman–Crippen MR) is 90.3 cm³/mol. The minimum Gasteiger partial charge on any atom is -0.444 e. The molecule has 2 heterocycles. The van der Waals surface area contributed by atoms with Gasteiger partial charge in [-0.05, 0) is 31.9 Å². The van der Waals surface area contributed by atoms with Crippen molar-refractivity contribution in [1.82, 2.24) is 10.3 Å². The second-order valence-electron chi connectivity index (χ2n) is 6.11. The molecule has 1 aromatic carbocycles. The van der Waals surface area contributed by atoms with E-state index >= 15 is 0 Å². The number of hydrogen-bond acceptors (Lipinski definition) is 5. The van der Waals surface area contributed by atoms with Crippen LogP contribution < -0.4 is 11.1 Å². The van der Waals surface area contributed by atoms with Crippen molar-refractivity contribution in [2.24, 2.45) is 5.73 Å². The number of amides is 1. The molecular weight excluding hydrogens is 306 g/mol. The molecule has 1 amide bonds. The maximum Gasteiger partial charge on any atom is 0.249 e. The Balaban J connectivity index is 1.47. The number of nitrogens with zero attached hydrogens (tertiary/aromatic N) is 1. The van der Waals surface area contributed by atoms with Gasteiger partial charge in [-0.3, -0.25) is 4.79 Å². The molecule has 6 nitrogen and oxygen atoms in total. The minimum absolute atomic E-state index is 0.00774. The van der Waals surface area contributed by atoms with E-state index in [1.54, 1.807) is 6.26 Å². The molecule has 24 heavy (non-hydrogen) atoms. The van der Waals surface area contributed by atoms with E-state index < -0.39 is 0 Å². The number of hydrogen-bond donors (Lipinski definition) is 2. The number of aryl methyl sites for hydroxylation is 1. The lowest BCUT2D eigenvalue weighted by Gasteiger charge is -2.12. The molecule has 0 spiro atoms. The van der Waals surface area contributed by atoms with Gasteiger partial charge >= 0.3 is 0 Å². The normalized spacial score (nSPS) is 20.2. The van der Waals surface area contributed by atoms with Crippen molar-refractivity contribution in [2.45, 2.75) is 38.4 Å². The zero-order chi connectivity index (χ0) is 16.9. The van der Waals surface area contributed by atoms with Crippen LogP contribution in [0.3, 0.4) is 0 Å². The van der Waals surface area contributed by atoms with Gasteiger partial charge in [-0.1, -0.05) is 17.7 Å². The molecule has 0 bridgehead atoms. The van der Waals surface area contributed by atoms with Crippen LogP contribution in [0.5, 0.6) is 0 Å². The number of nitrogens with one attached hydrogen (secondary N) is 1. The van der Waals surface area contributed by atoms with Gasteiger partial charge in [0, 0.05) is 25.1 Å². The highest BCUT2D eigenvalue weighted by Gasteiger charge is 2.29. The smallest absolute Gasteiger partial charge is 0.249 e. The third-order valence-electron chi connectivity index (χ3n) is 4.19. The van der Waals surface area contributed by atoms with Crippen molar-refractivity contribution in [3.8, 4) is 11.5 Å². The molecule has 1 fully saturated rings. The third-order valence-corrected chi connectivity index (χ3v) is 4.19. The Hall–Kier alpha value is -2.18. The summed E-state index contributed by atoms with van der Waals surface area (Å²) in [6, 6.07) is 8.02. The Morgan fingerprint density at radius 2 is 2.12 bits per heavy atom. The molecule has 6 heteroatoms. The summed E-state index contributed by atoms with van der Waals surface area (Å²) in [4.78, 5) is 16.5. The van der Waals surface area contributed by atoms with Crippen LogP contribution in [0.1, 0.15) is 24.1 Å². The van der Waals surface area contributed by atoms with Crippen LogP contribution in [0.2, 0.25) is 0 Å². The summed E-state index contributed by atoms with van der Waals surface area (Å²) in [5.74, 6) is 0.523. The van der Waals surface area contributed by atoms with Gasteiger partial charge < -0.3 is 20.2 Å². The highest BCUT2D eigenvalue weighted by Crippen LogP contribution is 2.20. The fraction of sp³-hybridized carbons (Fsp3) is 0.444. The molecule has 1 aliphatic heterocycles. The van der Waals surface area contributed by atoms with E-state index in [1.807, 2.05) is 31.2 Å². The summed E-state index contributed by atoms with van der Waals surface area (Å²) in [5.41, 5.74) is 8.51. The van der Waals surface area contributed by atoms with Gasteiger partial charge in [0.1, 0.15) is 12.4 Å². The van der Waals surface area contributed by atoms with Gasteiger partial charge in [0.25, 0.3) is 0 Å². The first-order valence-electron chi connectivity index (χ1n) is 8.30. The van der Waals surface area contributed by atoms with E-state index in [-0.39, 0.29) is 18.1 Å². The molecule has 0 radical (unpaired) electrons. The van der Waals surface area contributed by atoms with Gasteiger partial charge in [-0.2, -0.15) is 0 Å². The molecule has 3 N–H and O–H groups in total. The average molecular weight is 329 g/mol. The second kappa shape index (κ2) is 7.59. The number of nitrogens with two attached hydrogens (primary N) is 1. The van der Waals surface area contributed by atoms with Crippen molar-refractivity contribution >= 4 is 5.91 Å². The topological polar surface area (TPSA) is 90.4 Å². The molecule has 1 saturated heterocycles. The summed E-state index contributed by atoms with van der Waals surface area (Å²) in [6.07, 6.45) is 3.46. The number of carbonyl (C=O) groups excluding carboxylic acids is 1. The van der Waals surface area contributed by atoms with Crippen molar-refractivity contribution in [3.05, 3.63) is 41.8 Å². The Morgan fingerprint density at radius 3 is 2.83 bits per heavy atom. The van der Waals surface area contributed by atoms with Crippen LogP contribution >= 0.6 is 0 Å². The third kappa shape index (κ3) is 4.01. The van der Waals surface area contributed by atoms with Gasteiger partial charge in [-0.15, -0.1) is 0 Å². The molecule has 0 aliphatic carbocycles. The zero-order valence-electron chi connectivity index (χ0n) is 13.8.